The number of carbonyl (C=O) groups excluding carboxylic acids is 1. The maximum absolute atomic E-state index is 11.9. The topological polar surface area (TPSA) is 26.3 Å². The second-order valence-corrected chi connectivity index (χ2v) is 19.8. The molecule has 0 atom stereocenters. The molecule has 0 saturated heterocycles. The SMILES string of the molecule is CCCCCCc1c(CCCCCC)c2sc(CO[Si](C(C)C)(C(C)C)C(C)C)cc2c2cc(C=O)sc12. The molecule has 2 heterocycles. The van der Waals surface area contributed by atoms with Crippen molar-refractivity contribution >= 4 is 57.4 Å². The van der Waals surface area contributed by atoms with Crippen LogP contribution in [0.3, 0.4) is 0 Å². The molecule has 2 aromatic heterocycles. The van der Waals surface area contributed by atoms with Gasteiger partial charge in [0.15, 0.2) is 6.29 Å². The van der Waals surface area contributed by atoms with E-state index < -0.39 is 8.32 Å². The van der Waals surface area contributed by atoms with Crippen LogP contribution in [0.15, 0.2) is 12.1 Å². The minimum absolute atomic E-state index is 0.583. The highest BCUT2D eigenvalue weighted by Crippen LogP contribution is 2.45. The van der Waals surface area contributed by atoms with Gasteiger partial charge in [0.2, 0.25) is 8.32 Å². The van der Waals surface area contributed by atoms with Gasteiger partial charge in [0.25, 0.3) is 0 Å². The van der Waals surface area contributed by atoms with E-state index in [1.807, 2.05) is 11.3 Å². The molecule has 0 radical (unpaired) electrons. The molecule has 0 amide bonds. The molecule has 0 unspecified atom stereocenters. The third-order valence-corrected chi connectivity index (χ3v) is 16.9. The van der Waals surface area contributed by atoms with Crippen molar-refractivity contribution in [2.24, 2.45) is 0 Å². The molecule has 5 heteroatoms. The van der Waals surface area contributed by atoms with Gasteiger partial charge in [0, 0.05) is 25.0 Å². The fourth-order valence-corrected chi connectivity index (χ4v) is 14.6. The van der Waals surface area contributed by atoms with E-state index >= 15 is 0 Å². The van der Waals surface area contributed by atoms with Crippen LogP contribution in [0, 0.1) is 0 Å². The third kappa shape index (κ3) is 6.82. The van der Waals surface area contributed by atoms with Crippen LogP contribution < -0.4 is 0 Å². The summed E-state index contributed by atoms with van der Waals surface area (Å²) in [4.78, 5) is 14.1. The van der Waals surface area contributed by atoms with Gasteiger partial charge in [-0.25, -0.2) is 0 Å². The number of carbonyl (C=O) groups is 1. The second kappa shape index (κ2) is 14.6. The van der Waals surface area contributed by atoms with Crippen LogP contribution in [0.1, 0.15) is 132 Å². The molecule has 0 spiro atoms. The Labute approximate surface area is 241 Å². The van der Waals surface area contributed by atoms with Crippen molar-refractivity contribution in [3.63, 3.8) is 0 Å². The van der Waals surface area contributed by atoms with E-state index in [1.165, 1.54) is 82.0 Å². The summed E-state index contributed by atoms with van der Waals surface area (Å²) in [5.74, 6) is 0. The zero-order chi connectivity index (χ0) is 27.9. The molecule has 2 nitrogen and oxygen atoms in total. The first-order valence-electron chi connectivity index (χ1n) is 15.3. The Morgan fingerprint density at radius 3 is 1.71 bits per heavy atom. The van der Waals surface area contributed by atoms with Crippen LogP contribution in [-0.4, -0.2) is 14.6 Å². The van der Waals surface area contributed by atoms with Crippen LogP contribution in [0.5, 0.6) is 0 Å². The number of unbranched alkanes of at least 4 members (excludes halogenated alkanes) is 6. The summed E-state index contributed by atoms with van der Waals surface area (Å²) in [5, 5.41) is 2.64. The number of thiophene rings is 2. The average molecular weight is 573 g/mol. The molecular formula is C33H52O2S2Si. The number of hydrogen-bond donors (Lipinski definition) is 0. The number of aldehydes is 1. The van der Waals surface area contributed by atoms with E-state index in [4.69, 9.17) is 4.43 Å². The van der Waals surface area contributed by atoms with Gasteiger partial charge in [-0.1, -0.05) is 93.9 Å². The Balaban J connectivity index is 2.10. The van der Waals surface area contributed by atoms with E-state index in [0.29, 0.717) is 23.2 Å². The minimum atomic E-state index is -1.93. The van der Waals surface area contributed by atoms with E-state index in [1.54, 1.807) is 16.9 Å². The molecule has 0 bridgehead atoms. The van der Waals surface area contributed by atoms with E-state index in [2.05, 4.69) is 67.5 Å². The number of fused-ring (bicyclic) bond motifs is 3. The molecule has 212 valence electrons. The van der Waals surface area contributed by atoms with E-state index in [-0.39, 0.29) is 0 Å². The first kappa shape index (κ1) is 31.5. The van der Waals surface area contributed by atoms with Gasteiger partial charge in [-0.3, -0.25) is 4.79 Å². The Morgan fingerprint density at radius 1 is 0.737 bits per heavy atom. The quantitative estimate of drug-likeness (QED) is 0.0913. The van der Waals surface area contributed by atoms with Crippen LogP contribution in [0.2, 0.25) is 16.6 Å². The Bertz CT molecular complexity index is 1150. The summed E-state index contributed by atoms with van der Waals surface area (Å²) < 4.78 is 9.86. The van der Waals surface area contributed by atoms with Gasteiger partial charge in [-0.05, 0) is 65.6 Å². The monoisotopic (exact) mass is 572 g/mol. The highest BCUT2D eigenvalue weighted by atomic mass is 32.1. The van der Waals surface area contributed by atoms with Crippen LogP contribution in [0.25, 0.3) is 20.2 Å². The van der Waals surface area contributed by atoms with Gasteiger partial charge in [-0.15, -0.1) is 22.7 Å². The van der Waals surface area contributed by atoms with Crippen molar-refractivity contribution in [2.75, 3.05) is 0 Å². The maximum atomic E-state index is 11.9. The van der Waals surface area contributed by atoms with Crippen molar-refractivity contribution in [1.82, 2.24) is 0 Å². The van der Waals surface area contributed by atoms with Gasteiger partial charge in [0.05, 0.1) is 11.5 Å². The Hall–Kier alpha value is -1.01. The molecule has 3 rings (SSSR count). The summed E-state index contributed by atoms with van der Waals surface area (Å²) in [7, 11) is -1.93. The van der Waals surface area contributed by atoms with Crippen molar-refractivity contribution < 1.29 is 9.22 Å². The zero-order valence-electron chi connectivity index (χ0n) is 25.4. The number of benzene rings is 1. The maximum Gasteiger partial charge on any atom is 0.200 e. The highest BCUT2D eigenvalue weighted by Gasteiger charge is 2.45. The highest BCUT2D eigenvalue weighted by molar-refractivity contribution is 7.22. The van der Waals surface area contributed by atoms with Crippen LogP contribution >= 0.6 is 22.7 Å². The summed E-state index contributed by atoms with van der Waals surface area (Å²) >= 11 is 3.68. The summed E-state index contributed by atoms with van der Waals surface area (Å²) in [6.45, 7) is 19.5. The molecule has 0 N–H and O–H groups in total. The molecule has 0 aliphatic rings. The molecule has 1 aromatic carbocycles. The lowest BCUT2D eigenvalue weighted by molar-refractivity contribution is 0.112. The predicted molar refractivity (Wildman–Crippen MR) is 174 cm³/mol. The Morgan fingerprint density at radius 2 is 1.24 bits per heavy atom. The summed E-state index contributed by atoms with van der Waals surface area (Å²) in [6.07, 6.45) is 13.5. The van der Waals surface area contributed by atoms with Gasteiger partial charge >= 0.3 is 0 Å². The number of rotatable bonds is 17. The molecule has 0 saturated carbocycles. The molecule has 0 fully saturated rings. The average Bonchev–Trinajstić information content (AvgIpc) is 3.49. The molecular weight excluding hydrogens is 521 g/mol. The van der Waals surface area contributed by atoms with Crippen molar-refractivity contribution in [1.29, 1.82) is 0 Å². The Kier molecular flexibility index (Phi) is 12.1. The van der Waals surface area contributed by atoms with Crippen molar-refractivity contribution in [2.45, 2.75) is 143 Å². The van der Waals surface area contributed by atoms with Gasteiger partial charge in [-0.2, -0.15) is 0 Å². The van der Waals surface area contributed by atoms with Gasteiger partial charge < -0.3 is 4.43 Å². The van der Waals surface area contributed by atoms with Crippen molar-refractivity contribution in [3.05, 3.63) is 33.0 Å². The minimum Gasteiger partial charge on any atom is -0.411 e. The lowest BCUT2D eigenvalue weighted by Crippen LogP contribution is -2.47. The molecule has 3 aromatic rings. The molecule has 0 aliphatic carbocycles. The van der Waals surface area contributed by atoms with Gasteiger partial charge in [0.1, 0.15) is 0 Å². The first-order chi connectivity index (χ1) is 18.2. The summed E-state index contributed by atoms with van der Waals surface area (Å²) in [5.41, 5.74) is 4.84. The zero-order valence-corrected chi connectivity index (χ0v) is 28.0. The molecule has 0 aliphatic heterocycles. The fraction of sp³-hybridized carbons (Fsp3) is 0.667. The smallest absolute Gasteiger partial charge is 0.200 e. The normalized spacial score (nSPS) is 12.7. The van der Waals surface area contributed by atoms with Crippen LogP contribution in [-0.2, 0) is 23.9 Å². The largest absolute Gasteiger partial charge is 0.411 e. The van der Waals surface area contributed by atoms with E-state index in [0.717, 1.165) is 24.0 Å². The standard InChI is InChI=1S/C33H52O2S2Si/c1-9-11-13-15-17-28-29(18-16-14-12-10-2)33-31(30-19-26(21-34)36-32(28)30)20-27(37-33)22-35-38(23(3)4,24(5)6)25(7)8/h19-21,23-25H,9-18,22H2,1-8H3. The summed E-state index contributed by atoms with van der Waals surface area (Å²) in [6, 6.07) is 4.55. The lowest BCUT2D eigenvalue weighted by atomic mass is 9.93. The van der Waals surface area contributed by atoms with Crippen molar-refractivity contribution in [3.8, 4) is 0 Å². The fourth-order valence-electron chi connectivity index (χ4n) is 6.79. The first-order valence-corrected chi connectivity index (χ1v) is 19.1. The van der Waals surface area contributed by atoms with E-state index in [9.17, 15) is 4.79 Å². The number of hydrogen-bond acceptors (Lipinski definition) is 4. The third-order valence-electron chi connectivity index (χ3n) is 8.59. The predicted octanol–water partition coefficient (Wildman–Crippen LogP) is 11.9. The second-order valence-electron chi connectivity index (χ2n) is 12.1. The van der Waals surface area contributed by atoms with Crippen LogP contribution in [0.4, 0.5) is 0 Å². The number of aryl methyl sites for hydroxylation is 2. The molecule has 38 heavy (non-hydrogen) atoms. The lowest BCUT2D eigenvalue weighted by Gasteiger charge is -2.42.